The molecule has 0 spiro atoms. The SMILES string of the molecule is Cc1cn2nc(C=O)cc2c(N2CCC(C)(C)CC2)c1CC(=O)O. The number of piperidine rings is 1. The zero-order valence-corrected chi connectivity index (χ0v) is 14.4. The van der Waals surface area contributed by atoms with Gasteiger partial charge in [0.25, 0.3) is 0 Å². The van der Waals surface area contributed by atoms with Crippen LogP contribution in [-0.4, -0.2) is 40.1 Å². The number of aromatic nitrogens is 2. The van der Waals surface area contributed by atoms with E-state index >= 15 is 0 Å². The highest BCUT2D eigenvalue weighted by Gasteiger charge is 2.29. The summed E-state index contributed by atoms with van der Waals surface area (Å²) in [5, 5.41) is 13.6. The van der Waals surface area contributed by atoms with Crippen molar-refractivity contribution in [2.24, 2.45) is 5.41 Å². The maximum Gasteiger partial charge on any atom is 0.307 e. The molecule has 128 valence electrons. The average Bonchev–Trinajstić information content (AvgIpc) is 2.91. The lowest BCUT2D eigenvalue weighted by molar-refractivity contribution is -0.136. The summed E-state index contributed by atoms with van der Waals surface area (Å²) in [6.45, 7) is 8.17. The molecule has 0 amide bonds. The van der Waals surface area contributed by atoms with Crippen molar-refractivity contribution in [2.75, 3.05) is 18.0 Å². The fourth-order valence-corrected chi connectivity index (χ4v) is 3.41. The molecule has 0 saturated carbocycles. The number of aryl methyl sites for hydroxylation is 1. The van der Waals surface area contributed by atoms with E-state index in [1.165, 1.54) is 0 Å². The van der Waals surface area contributed by atoms with Crippen LogP contribution in [0.2, 0.25) is 0 Å². The lowest BCUT2D eigenvalue weighted by Crippen LogP contribution is -2.38. The Bertz CT molecular complexity index is 797. The van der Waals surface area contributed by atoms with Gasteiger partial charge in [0.1, 0.15) is 5.69 Å². The quantitative estimate of drug-likeness (QED) is 0.873. The van der Waals surface area contributed by atoms with Gasteiger partial charge in [-0.1, -0.05) is 13.8 Å². The molecule has 0 atom stereocenters. The van der Waals surface area contributed by atoms with E-state index in [1.807, 2.05) is 6.92 Å². The summed E-state index contributed by atoms with van der Waals surface area (Å²) >= 11 is 0. The van der Waals surface area contributed by atoms with Crippen LogP contribution in [0.15, 0.2) is 12.3 Å². The summed E-state index contributed by atoms with van der Waals surface area (Å²) in [5.41, 5.74) is 4.07. The van der Waals surface area contributed by atoms with Crippen molar-refractivity contribution in [3.05, 3.63) is 29.1 Å². The Labute approximate surface area is 141 Å². The van der Waals surface area contributed by atoms with Crippen molar-refractivity contribution < 1.29 is 14.7 Å². The summed E-state index contributed by atoms with van der Waals surface area (Å²) in [5.74, 6) is -0.851. The van der Waals surface area contributed by atoms with Gasteiger partial charge in [0.05, 0.1) is 17.6 Å². The Morgan fingerprint density at radius 2 is 2.04 bits per heavy atom. The maximum atomic E-state index is 11.4. The monoisotopic (exact) mass is 329 g/mol. The summed E-state index contributed by atoms with van der Waals surface area (Å²) in [4.78, 5) is 24.7. The molecule has 0 unspecified atom stereocenters. The molecule has 24 heavy (non-hydrogen) atoms. The van der Waals surface area contributed by atoms with E-state index in [-0.39, 0.29) is 6.42 Å². The van der Waals surface area contributed by atoms with Crippen LogP contribution in [0.5, 0.6) is 0 Å². The lowest BCUT2D eigenvalue weighted by Gasteiger charge is -2.39. The zero-order valence-electron chi connectivity index (χ0n) is 14.4. The van der Waals surface area contributed by atoms with Crippen LogP contribution in [0, 0.1) is 12.3 Å². The molecule has 1 fully saturated rings. The number of rotatable bonds is 4. The molecule has 6 heteroatoms. The van der Waals surface area contributed by atoms with Crippen molar-refractivity contribution in [1.82, 2.24) is 9.61 Å². The van der Waals surface area contributed by atoms with Gasteiger partial charge >= 0.3 is 5.97 Å². The number of hydrogen-bond acceptors (Lipinski definition) is 4. The second kappa shape index (κ2) is 5.92. The first-order valence-corrected chi connectivity index (χ1v) is 8.24. The van der Waals surface area contributed by atoms with Crippen LogP contribution >= 0.6 is 0 Å². The van der Waals surface area contributed by atoms with E-state index in [0.717, 1.165) is 54.5 Å². The van der Waals surface area contributed by atoms with Gasteiger partial charge < -0.3 is 10.0 Å². The van der Waals surface area contributed by atoms with Crippen LogP contribution in [0.1, 0.15) is 48.3 Å². The van der Waals surface area contributed by atoms with Gasteiger partial charge in [0, 0.05) is 19.3 Å². The summed E-state index contributed by atoms with van der Waals surface area (Å²) in [6.07, 6.45) is 4.60. The fraction of sp³-hybridized carbons (Fsp3) is 0.500. The van der Waals surface area contributed by atoms with E-state index in [9.17, 15) is 14.7 Å². The Morgan fingerprint density at radius 1 is 1.38 bits per heavy atom. The predicted octanol–water partition coefficient (Wildman–Crippen LogP) is 2.71. The Morgan fingerprint density at radius 3 is 2.62 bits per heavy atom. The summed E-state index contributed by atoms with van der Waals surface area (Å²) < 4.78 is 1.69. The van der Waals surface area contributed by atoms with Crippen molar-refractivity contribution in [3.63, 3.8) is 0 Å². The van der Waals surface area contributed by atoms with Crippen molar-refractivity contribution >= 4 is 23.5 Å². The van der Waals surface area contributed by atoms with E-state index in [0.29, 0.717) is 11.1 Å². The molecule has 1 N–H and O–H groups in total. The first-order valence-electron chi connectivity index (χ1n) is 8.24. The number of aliphatic carboxylic acids is 1. The Hall–Kier alpha value is -2.37. The standard InChI is InChI=1S/C18H23N3O3/c1-12-10-21-15(8-13(11-22)19-21)17(14(12)9-16(23)24)20-6-4-18(2,3)5-7-20/h8,10-11H,4-7,9H2,1-3H3,(H,23,24). The topological polar surface area (TPSA) is 74.9 Å². The molecule has 0 bridgehead atoms. The first-order chi connectivity index (χ1) is 11.3. The van der Waals surface area contributed by atoms with Crippen molar-refractivity contribution in [2.45, 2.75) is 40.0 Å². The second-order valence-corrected chi connectivity index (χ2v) is 7.38. The number of nitrogens with zero attached hydrogens (tertiary/aromatic N) is 3. The Kier molecular flexibility index (Phi) is 4.07. The van der Waals surface area contributed by atoms with Crippen molar-refractivity contribution in [1.29, 1.82) is 0 Å². The first kappa shape index (κ1) is 16.5. The molecular weight excluding hydrogens is 306 g/mol. The molecule has 0 radical (unpaired) electrons. The number of carboxylic acid groups (broad SMARTS) is 1. The number of carbonyl (C=O) groups is 2. The normalized spacial score (nSPS) is 17.2. The Balaban J connectivity index is 2.15. The number of fused-ring (bicyclic) bond motifs is 1. The molecule has 1 saturated heterocycles. The minimum atomic E-state index is -0.851. The summed E-state index contributed by atoms with van der Waals surface area (Å²) in [6, 6.07) is 1.74. The third-order valence-corrected chi connectivity index (χ3v) is 4.96. The number of aldehydes is 1. The highest BCUT2D eigenvalue weighted by atomic mass is 16.4. The molecule has 3 rings (SSSR count). The van der Waals surface area contributed by atoms with Gasteiger partial charge in [0.2, 0.25) is 0 Å². The second-order valence-electron chi connectivity index (χ2n) is 7.38. The summed E-state index contributed by atoms with van der Waals surface area (Å²) in [7, 11) is 0. The van der Waals surface area contributed by atoms with Crippen LogP contribution in [0.3, 0.4) is 0 Å². The third kappa shape index (κ3) is 3.00. The molecule has 1 aliphatic heterocycles. The number of carbonyl (C=O) groups excluding carboxylic acids is 1. The molecule has 1 aliphatic rings. The third-order valence-electron chi connectivity index (χ3n) is 4.96. The van der Waals surface area contributed by atoms with Crippen LogP contribution in [0.25, 0.3) is 5.52 Å². The van der Waals surface area contributed by atoms with Gasteiger partial charge in [-0.05, 0) is 42.4 Å². The number of pyridine rings is 1. The molecule has 0 aromatic carbocycles. The minimum Gasteiger partial charge on any atom is -0.481 e. The van der Waals surface area contributed by atoms with Gasteiger partial charge in [0.15, 0.2) is 6.29 Å². The van der Waals surface area contributed by atoms with E-state index in [4.69, 9.17) is 0 Å². The number of hydrogen-bond donors (Lipinski definition) is 1. The highest BCUT2D eigenvalue weighted by Crippen LogP contribution is 2.37. The largest absolute Gasteiger partial charge is 0.481 e. The number of anilines is 1. The van der Waals surface area contributed by atoms with E-state index in [2.05, 4.69) is 23.8 Å². The molecule has 0 aliphatic carbocycles. The molecular formula is C18H23N3O3. The number of carboxylic acids is 1. The molecule has 3 heterocycles. The smallest absolute Gasteiger partial charge is 0.307 e. The molecule has 2 aromatic heterocycles. The van der Waals surface area contributed by atoms with Crippen molar-refractivity contribution in [3.8, 4) is 0 Å². The van der Waals surface area contributed by atoms with Crippen LogP contribution < -0.4 is 4.90 Å². The van der Waals surface area contributed by atoms with Gasteiger partial charge in [-0.2, -0.15) is 5.10 Å². The lowest BCUT2D eigenvalue weighted by atomic mass is 9.82. The van der Waals surface area contributed by atoms with E-state index < -0.39 is 5.97 Å². The van der Waals surface area contributed by atoms with Crippen LogP contribution in [0.4, 0.5) is 5.69 Å². The molecule has 6 nitrogen and oxygen atoms in total. The maximum absolute atomic E-state index is 11.4. The average molecular weight is 329 g/mol. The van der Waals surface area contributed by atoms with Gasteiger partial charge in [-0.15, -0.1) is 0 Å². The highest BCUT2D eigenvalue weighted by molar-refractivity contribution is 5.86. The predicted molar refractivity (Wildman–Crippen MR) is 91.9 cm³/mol. The minimum absolute atomic E-state index is 0.0286. The van der Waals surface area contributed by atoms with E-state index in [1.54, 1.807) is 16.8 Å². The van der Waals surface area contributed by atoms with Gasteiger partial charge in [-0.3, -0.25) is 9.59 Å². The zero-order chi connectivity index (χ0) is 17.5. The van der Waals surface area contributed by atoms with Gasteiger partial charge in [-0.25, -0.2) is 4.52 Å². The van der Waals surface area contributed by atoms with Crippen LogP contribution in [-0.2, 0) is 11.2 Å². The fourth-order valence-electron chi connectivity index (χ4n) is 3.41. The molecule has 2 aromatic rings.